The standard InChI is InChI=1S/C23H25FN4O2/c1-3-26-10-16-12-27(13-17(16)11-26)18-5-7-22-25-20(9-23(29)28(22)14-18)15-4-6-21(30-2)19(24)8-15/h4-9,14,16-17H,3,10-13H2,1-2H3/t16-,17+. The number of aromatic nitrogens is 2. The molecule has 2 saturated heterocycles. The number of anilines is 1. The number of halogens is 1. The Hall–Kier alpha value is -2.93. The van der Waals surface area contributed by atoms with Crippen LogP contribution in [0.4, 0.5) is 10.1 Å². The first-order chi connectivity index (χ1) is 14.6. The van der Waals surface area contributed by atoms with E-state index < -0.39 is 5.82 Å². The van der Waals surface area contributed by atoms with Crippen molar-refractivity contribution in [2.75, 3.05) is 44.7 Å². The summed E-state index contributed by atoms with van der Waals surface area (Å²) in [7, 11) is 1.42. The van der Waals surface area contributed by atoms with Crippen LogP contribution in [-0.2, 0) is 0 Å². The second-order valence-electron chi connectivity index (χ2n) is 8.22. The van der Waals surface area contributed by atoms with Crippen LogP contribution < -0.4 is 15.2 Å². The van der Waals surface area contributed by atoms with E-state index in [2.05, 4.69) is 21.7 Å². The SMILES string of the molecule is CCN1C[C@@H]2CN(c3ccc4nc(-c5ccc(OC)c(F)c5)cc(=O)n4c3)C[C@@H]2C1. The quantitative estimate of drug-likeness (QED) is 0.665. The van der Waals surface area contributed by atoms with Gasteiger partial charge in [-0.3, -0.25) is 9.20 Å². The van der Waals surface area contributed by atoms with E-state index in [-0.39, 0.29) is 11.3 Å². The molecule has 0 saturated carbocycles. The van der Waals surface area contributed by atoms with E-state index in [1.165, 1.54) is 19.2 Å². The molecule has 2 atom stereocenters. The molecular weight excluding hydrogens is 383 g/mol. The van der Waals surface area contributed by atoms with Gasteiger partial charge in [-0.2, -0.15) is 0 Å². The van der Waals surface area contributed by atoms with Crippen LogP contribution in [0, 0.1) is 17.7 Å². The topological polar surface area (TPSA) is 50.1 Å². The molecule has 0 aliphatic carbocycles. The van der Waals surface area contributed by atoms with Gasteiger partial charge >= 0.3 is 0 Å². The molecule has 156 valence electrons. The van der Waals surface area contributed by atoms with Crippen LogP contribution in [0.15, 0.2) is 47.4 Å². The first kappa shape index (κ1) is 19.1. The van der Waals surface area contributed by atoms with Gasteiger partial charge in [0.2, 0.25) is 0 Å². The highest BCUT2D eigenvalue weighted by molar-refractivity contribution is 5.63. The normalized spacial score (nSPS) is 21.4. The lowest BCUT2D eigenvalue weighted by Gasteiger charge is -2.22. The molecule has 0 spiro atoms. The van der Waals surface area contributed by atoms with E-state index in [9.17, 15) is 9.18 Å². The number of methoxy groups -OCH3 is 1. The molecule has 5 rings (SSSR count). The number of hydrogen-bond acceptors (Lipinski definition) is 5. The number of fused-ring (bicyclic) bond motifs is 2. The van der Waals surface area contributed by atoms with Crippen molar-refractivity contribution in [3.63, 3.8) is 0 Å². The number of rotatable bonds is 4. The van der Waals surface area contributed by atoms with Crippen LogP contribution >= 0.6 is 0 Å². The highest BCUT2D eigenvalue weighted by atomic mass is 19.1. The maximum atomic E-state index is 14.1. The summed E-state index contributed by atoms with van der Waals surface area (Å²) >= 11 is 0. The summed E-state index contributed by atoms with van der Waals surface area (Å²) in [5.41, 5.74) is 2.42. The average Bonchev–Trinajstić information content (AvgIpc) is 3.32. The van der Waals surface area contributed by atoms with Gasteiger partial charge in [0.25, 0.3) is 5.56 Å². The number of pyridine rings is 1. The monoisotopic (exact) mass is 408 g/mol. The lowest BCUT2D eigenvalue weighted by Crippen LogP contribution is -2.29. The number of hydrogen-bond donors (Lipinski definition) is 0. The summed E-state index contributed by atoms with van der Waals surface area (Å²) in [5.74, 6) is 1.08. The fraction of sp³-hybridized carbons (Fsp3) is 0.391. The molecule has 3 aromatic rings. The predicted molar refractivity (Wildman–Crippen MR) is 115 cm³/mol. The van der Waals surface area contributed by atoms with Crippen molar-refractivity contribution >= 4 is 11.3 Å². The van der Waals surface area contributed by atoms with E-state index in [4.69, 9.17) is 4.74 Å². The third kappa shape index (κ3) is 3.23. The Bertz CT molecular complexity index is 1150. The molecule has 6 nitrogen and oxygen atoms in total. The lowest BCUT2D eigenvalue weighted by molar-refractivity contribution is 0.334. The van der Waals surface area contributed by atoms with Gasteiger partial charge in [0.15, 0.2) is 11.6 Å². The van der Waals surface area contributed by atoms with Crippen molar-refractivity contribution < 1.29 is 9.13 Å². The van der Waals surface area contributed by atoms with Crippen LogP contribution in [-0.4, -0.2) is 54.1 Å². The van der Waals surface area contributed by atoms with Gasteiger partial charge in [-0.15, -0.1) is 0 Å². The first-order valence-electron chi connectivity index (χ1n) is 10.4. The molecule has 2 aliphatic heterocycles. The molecule has 2 aliphatic rings. The summed E-state index contributed by atoms with van der Waals surface area (Å²) in [5, 5.41) is 0. The van der Waals surface area contributed by atoms with E-state index in [1.54, 1.807) is 16.5 Å². The molecule has 0 unspecified atom stereocenters. The number of nitrogens with zero attached hydrogens (tertiary/aromatic N) is 4. The zero-order valence-electron chi connectivity index (χ0n) is 17.2. The van der Waals surface area contributed by atoms with E-state index in [0.29, 0.717) is 28.7 Å². The lowest BCUT2D eigenvalue weighted by atomic mass is 10.0. The molecule has 2 aromatic heterocycles. The minimum atomic E-state index is -0.478. The Morgan fingerprint density at radius 1 is 1.10 bits per heavy atom. The van der Waals surface area contributed by atoms with E-state index in [1.807, 2.05) is 18.3 Å². The Morgan fingerprint density at radius 3 is 2.53 bits per heavy atom. The minimum Gasteiger partial charge on any atom is -0.494 e. The fourth-order valence-corrected chi connectivity index (χ4v) is 4.81. The van der Waals surface area contributed by atoms with Gasteiger partial charge in [-0.1, -0.05) is 6.92 Å². The van der Waals surface area contributed by atoms with Gasteiger partial charge < -0.3 is 14.5 Å². The third-order valence-electron chi connectivity index (χ3n) is 6.47. The fourth-order valence-electron chi connectivity index (χ4n) is 4.81. The van der Waals surface area contributed by atoms with Crippen molar-refractivity contribution in [2.45, 2.75) is 6.92 Å². The Balaban J connectivity index is 1.44. The van der Waals surface area contributed by atoms with Crippen molar-refractivity contribution in [3.8, 4) is 17.0 Å². The highest BCUT2D eigenvalue weighted by Crippen LogP contribution is 2.33. The maximum Gasteiger partial charge on any atom is 0.258 e. The minimum absolute atomic E-state index is 0.165. The maximum absolute atomic E-state index is 14.1. The average molecular weight is 408 g/mol. The van der Waals surface area contributed by atoms with Gasteiger partial charge in [0.1, 0.15) is 5.65 Å². The Morgan fingerprint density at radius 2 is 1.87 bits per heavy atom. The van der Waals surface area contributed by atoms with Crippen LogP contribution in [0.25, 0.3) is 16.9 Å². The van der Waals surface area contributed by atoms with Gasteiger partial charge in [0.05, 0.1) is 18.5 Å². The molecule has 30 heavy (non-hydrogen) atoms. The number of benzene rings is 1. The van der Waals surface area contributed by atoms with E-state index in [0.717, 1.165) is 38.4 Å². The Kier molecular flexibility index (Phi) is 4.70. The van der Waals surface area contributed by atoms with Crippen LogP contribution in [0.1, 0.15) is 6.92 Å². The molecule has 0 amide bonds. The molecule has 4 heterocycles. The second-order valence-corrected chi connectivity index (χ2v) is 8.22. The van der Waals surface area contributed by atoms with Gasteiger partial charge in [0, 0.05) is 44.0 Å². The second kappa shape index (κ2) is 7.40. The van der Waals surface area contributed by atoms with Gasteiger partial charge in [-0.05, 0) is 48.7 Å². The van der Waals surface area contributed by atoms with Crippen LogP contribution in [0.3, 0.4) is 0 Å². The van der Waals surface area contributed by atoms with Crippen molar-refractivity contribution in [1.82, 2.24) is 14.3 Å². The molecule has 7 heteroatoms. The van der Waals surface area contributed by atoms with Gasteiger partial charge in [-0.25, -0.2) is 9.37 Å². The van der Waals surface area contributed by atoms with Crippen LogP contribution in [0.5, 0.6) is 5.75 Å². The summed E-state index contributed by atoms with van der Waals surface area (Å²) in [4.78, 5) is 22.3. The van der Waals surface area contributed by atoms with Crippen molar-refractivity contribution in [2.24, 2.45) is 11.8 Å². The number of ether oxygens (including phenoxy) is 1. The summed E-state index contributed by atoms with van der Waals surface area (Å²) in [6, 6.07) is 9.94. The Labute approximate surface area is 174 Å². The molecule has 1 aromatic carbocycles. The zero-order chi connectivity index (χ0) is 20.8. The third-order valence-corrected chi connectivity index (χ3v) is 6.47. The van der Waals surface area contributed by atoms with Crippen LogP contribution in [0.2, 0.25) is 0 Å². The first-order valence-corrected chi connectivity index (χ1v) is 10.4. The smallest absolute Gasteiger partial charge is 0.258 e. The molecule has 0 radical (unpaired) electrons. The summed E-state index contributed by atoms with van der Waals surface area (Å²) in [6.45, 7) is 7.71. The molecule has 2 fully saturated rings. The molecular formula is C23H25FN4O2. The molecule has 0 bridgehead atoms. The molecule has 0 N–H and O–H groups in total. The largest absolute Gasteiger partial charge is 0.494 e. The predicted octanol–water partition coefficient (Wildman–Crippen LogP) is 2.90. The van der Waals surface area contributed by atoms with E-state index >= 15 is 0 Å². The summed E-state index contributed by atoms with van der Waals surface area (Å²) in [6.07, 6.45) is 1.88. The zero-order valence-corrected chi connectivity index (χ0v) is 17.2. The summed E-state index contributed by atoms with van der Waals surface area (Å²) < 4.78 is 20.6. The highest BCUT2D eigenvalue weighted by Gasteiger charge is 2.39. The van der Waals surface area contributed by atoms with Crippen molar-refractivity contribution in [1.29, 1.82) is 0 Å². The number of likely N-dealkylation sites (tertiary alicyclic amines) is 1. The van der Waals surface area contributed by atoms with Crippen molar-refractivity contribution in [3.05, 3.63) is 58.8 Å².